The molecule has 0 aliphatic carbocycles. The molecule has 0 fully saturated rings. The summed E-state index contributed by atoms with van der Waals surface area (Å²) in [5, 5.41) is 10.9. The summed E-state index contributed by atoms with van der Waals surface area (Å²) in [6.07, 6.45) is -3.01. The number of nitrogens with one attached hydrogen (secondary N) is 1. The number of anilines is 1. The molecule has 0 bridgehead atoms. The van der Waals surface area contributed by atoms with Gasteiger partial charge in [-0.05, 0) is 6.07 Å². The lowest BCUT2D eigenvalue weighted by atomic mass is 10.1. The van der Waals surface area contributed by atoms with E-state index in [1.165, 1.54) is 0 Å². The second-order valence-electron chi connectivity index (χ2n) is 3.88. The fourth-order valence-corrected chi connectivity index (χ4v) is 1.38. The highest BCUT2D eigenvalue weighted by Crippen LogP contribution is 2.20. The molecule has 2 N–H and O–H groups in total. The Labute approximate surface area is 116 Å². The summed E-state index contributed by atoms with van der Waals surface area (Å²) in [6.45, 7) is -1.15. The number of rotatable bonds is 7. The Morgan fingerprint density at radius 1 is 1.24 bits per heavy atom. The molecule has 0 spiro atoms. The van der Waals surface area contributed by atoms with Gasteiger partial charge in [-0.25, -0.2) is 22.4 Å². The van der Waals surface area contributed by atoms with Crippen LogP contribution in [0, 0.1) is 11.6 Å². The van der Waals surface area contributed by atoms with Gasteiger partial charge in [-0.3, -0.25) is 4.79 Å². The Bertz CT molecular complexity index is 536. The molecule has 1 aromatic carbocycles. The van der Waals surface area contributed by atoms with Crippen LogP contribution in [-0.4, -0.2) is 36.6 Å². The zero-order valence-corrected chi connectivity index (χ0v) is 10.5. The maximum atomic E-state index is 13.0. The summed E-state index contributed by atoms with van der Waals surface area (Å²) in [4.78, 5) is 22.3. The third kappa shape index (κ3) is 5.38. The molecule has 0 aliphatic heterocycles. The molecule has 9 heteroatoms. The maximum absolute atomic E-state index is 13.0. The van der Waals surface area contributed by atoms with E-state index >= 15 is 0 Å². The third-order valence-electron chi connectivity index (χ3n) is 2.28. The average Bonchev–Trinajstić information content (AvgIpc) is 2.38. The quantitative estimate of drug-likeness (QED) is 0.598. The van der Waals surface area contributed by atoms with Crippen molar-refractivity contribution in [2.24, 2.45) is 0 Å². The van der Waals surface area contributed by atoms with E-state index in [9.17, 15) is 27.2 Å². The van der Waals surface area contributed by atoms with Crippen LogP contribution in [0.4, 0.5) is 23.2 Å². The normalized spacial score (nSPS) is 10.7. The Kier molecular flexibility index (Phi) is 6.10. The maximum Gasteiger partial charge on any atom is 0.337 e. The lowest BCUT2D eigenvalue weighted by molar-refractivity contribution is -0.117. The van der Waals surface area contributed by atoms with Crippen molar-refractivity contribution < 1.29 is 37.0 Å². The Morgan fingerprint density at radius 3 is 2.43 bits per heavy atom. The minimum Gasteiger partial charge on any atom is -0.478 e. The van der Waals surface area contributed by atoms with E-state index in [0.29, 0.717) is 12.1 Å². The number of carboxylic acids is 1. The molecule has 1 aromatic rings. The molecule has 0 radical (unpaired) electrons. The number of alkyl halides is 2. The van der Waals surface area contributed by atoms with Gasteiger partial charge in [0.1, 0.15) is 6.61 Å². The predicted molar refractivity (Wildman–Crippen MR) is 63.4 cm³/mol. The Hall–Kier alpha value is -2.16. The van der Waals surface area contributed by atoms with Gasteiger partial charge in [0.2, 0.25) is 5.91 Å². The first kappa shape index (κ1) is 16.9. The second-order valence-corrected chi connectivity index (χ2v) is 3.88. The largest absolute Gasteiger partial charge is 0.478 e. The molecule has 0 aliphatic rings. The molecule has 0 atom stereocenters. The van der Waals surface area contributed by atoms with Crippen LogP contribution in [0.15, 0.2) is 12.1 Å². The van der Waals surface area contributed by atoms with E-state index < -0.39 is 47.8 Å². The zero-order valence-electron chi connectivity index (χ0n) is 10.5. The fourth-order valence-electron chi connectivity index (χ4n) is 1.38. The highest BCUT2D eigenvalue weighted by atomic mass is 19.3. The summed E-state index contributed by atoms with van der Waals surface area (Å²) < 4.78 is 54.0. The highest BCUT2D eigenvalue weighted by Gasteiger charge is 2.17. The van der Waals surface area contributed by atoms with Crippen LogP contribution in [0.3, 0.4) is 0 Å². The summed E-state index contributed by atoms with van der Waals surface area (Å²) in [5.41, 5.74) is -1.06. The standard InChI is InChI=1S/C12H11F4NO4/c13-7-3-6(12(19)20)9(4-8(7)14)17-11(18)1-2-21-5-10(15)16/h3-4,10H,1-2,5H2,(H,17,18)(H,19,20). The molecule has 21 heavy (non-hydrogen) atoms. The first-order valence-corrected chi connectivity index (χ1v) is 5.69. The van der Waals surface area contributed by atoms with Crippen LogP contribution in [0.25, 0.3) is 0 Å². The summed E-state index contributed by atoms with van der Waals surface area (Å²) in [7, 11) is 0. The smallest absolute Gasteiger partial charge is 0.337 e. The van der Waals surface area contributed by atoms with Gasteiger partial charge in [0.25, 0.3) is 6.43 Å². The third-order valence-corrected chi connectivity index (χ3v) is 2.28. The number of carbonyl (C=O) groups is 2. The van der Waals surface area contributed by atoms with E-state index in [0.717, 1.165) is 0 Å². The molecule has 116 valence electrons. The number of hydrogen-bond donors (Lipinski definition) is 2. The van der Waals surface area contributed by atoms with E-state index in [1.807, 2.05) is 0 Å². The lowest BCUT2D eigenvalue weighted by Gasteiger charge is -2.09. The van der Waals surface area contributed by atoms with Crippen molar-refractivity contribution >= 4 is 17.6 Å². The number of carbonyl (C=O) groups excluding carboxylic acids is 1. The van der Waals surface area contributed by atoms with Crippen LogP contribution >= 0.6 is 0 Å². The van der Waals surface area contributed by atoms with Crippen molar-refractivity contribution in [3.05, 3.63) is 29.3 Å². The Morgan fingerprint density at radius 2 is 1.86 bits per heavy atom. The van der Waals surface area contributed by atoms with Crippen LogP contribution in [-0.2, 0) is 9.53 Å². The number of amides is 1. The van der Waals surface area contributed by atoms with Crippen LogP contribution in [0.1, 0.15) is 16.8 Å². The highest BCUT2D eigenvalue weighted by molar-refractivity contribution is 6.00. The summed E-state index contributed by atoms with van der Waals surface area (Å²) in [5.74, 6) is -5.04. The van der Waals surface area contributed by atoms with Crippen LogP contribution in [0.5, 0.6) is 0 Å². The molecule has 0 saturated carbocycles. The van der Waals surface area contributed by atoms with Gasteiger partial charge in [-0.1, -0.05) is 0 Å². The van der Waals surface area contributed by atoms with E-state index in [4.69, 9.17) is 5.11 Å². The minimum atomic E-state index is -2.67. The number of carboxylic acid groups (broad SMARTS) is 1. The molecule has 1 amide bonds. The van der Waals surface area contributed by atoms with Crippen molar-refractivity contribution in [2.45, 2.75) is 12.8 Å². The monoisotopic (exact) mass is 309 g/mol. The molecule has 0 heterocycles. The zero-order chi connectivity index (χ0) is 16.0. The Balaban J connectivity index is 2.67. The number of benzene rings is 1. The molecule has 1 rings (SSSR count). The molecular weight excluding hydrogens is 298 g/mol. The van der Waals surface area contributed by atoms with Gasteiger partial charge in [0, 0.05) is 6.07 Å². The first-order valence-electron chi connectivity index (χ1n) is 5.69. The van der Waals surface area contributed by atoms with Gasteiger partial charge in [-0.15, -0.1) is 0 Å². The summed E-state index contributed by atoms with van der Waals surface area (Å²) >= 11 is 0. The van der Waals surface area contributed by atoms with Crippen molar-refractivity contribution in [1.29, 1.82) is 0 Å². The fraction of sp³-hybridized carbons (Fsp3) is 0.333. The second kappa shape index (κ2) is 7.58. The lowest BCUT2D eigenvalue weighted by Crippen LogP contribution is -2.18. The number of hydrogen-bond acceptors (Lipinski definition) is 3. The molecule has 0 unspecified atom stereocenters. The van der Waals surface area contributed by atoms with Gasteiger partial charge in [0.15, 0.2) is 11.6 Å². The van der Waals surface area contributed by atoms with Crippen LogP contribution in [0.2, 0.25) is 0 Å². The number of ether oxygens (including phenoxy) is 1. The van der Waals surface area contributed by atoms with Crippen molar-refractivity contribution in [1.82, 2.24) is 0 Å². The number of aromatic carboxylic acids is 1. The summed E-state index contributed by atoms with van der Waals surface area (Å²) in [6, 6.07) is 0.956. The molecule has 0 aromatic heterocycles. The molecule has 0 saturated heterocycles. The predicted octanol–water partition coefficient (Wildman–Crippen LogP) is 2.27. The first-order chi connectivity index (χ1) is 9.81. The topological polar surface area (TPSA) is 75.6 Å². The molecular formula is C12H11F4NO4. The van der Waals surface area contributed by atoms with Gasteiger partial charge < -0.3 is 15.2 Å². The van der Waals surface area contributed by atoms with E-state index in [-0.39, 0.29) is 13.0 Å². The average molecular weight is 309 g/mol. The van der Waals surface area contributed by atoms with Crippen molar-refractivity contribution in [2.75, 3.05) is 18.5 Å². The van der Waals surface area contributed by atoms with Gasteiger partial charge >= 0.3 is 5.97 Å². The van der Waals surface area contributed by atoms with E-state index in [1.54, 1.807) is 0 Å². The van der Waals surface area contributed by atoms with Crippen molar-refractivity contribution in [3.8, 4) is 0 Å². The number of halogens is 4. The van der Waals surface area contributed by atoms with Crippen molar-refractivity contribution in [3.63, 3.8) is 0 Å². The molecule has 5 nitrogen and oxygen atoms in total. The van der Waals surface area contributed by atoms with Crippen LogP contribution < -0.4 is 5.32 Å². The SMILES string of the molecule is O=C(CCOCC(F)F)Nc1cc(F)c(F)cc1C(=O)O. The van der Waals surface area contributed by atoms with Gasteiger partial charge in [-0.2, -0.15) is 0 Å². The van der Waals surface area contributed by atoms with E-state index in [2.05, 4.69) is 10.1 Å². The minimum absolute atomic E-state index is 0.317. The van der Waals surface area contributed by atoms with Gasteiger partial charge in [0.05, 0.1) is 24.3 Å².